The minimum absolute atomic E-state index is 0.0450. The van der Waals surface area contributed by atoms with E-state index >= 15 is 0 Å². The Bertz CT molecular complexity index is 764. The maximum Gasteiger partial charge on any atom is 0.299 e. The van der Waals surface area contributed by atoms with Crippen molar-refractivity contribution in [3.63, 3.8) is 0 Å². The molecular formula is C16H11F3N2O. The molecular weight excluding hydrogens is 293 g/mol. The van der Waals surface area contributed by atoms with Gasteiger partial charge in [-0.2, -0.15) is 0 Å². The molecule has 0 saturated heterocycles. The second-order valence-corrected chi connectivity index (χ2v) is 4.64. The summed E-state index contributed by atoms with van der Waals surface area (Å²) in [4.78, 5) is 3.97. The molecule has 2 aromatic carbocycles. The number of hydrogen-bond acceptors (Lipinski definition) is 3. The van der Waals surface area contributed by atoms with E-state index in [0.717, 1.165) is 0 Å². The molecule has 0 aliphatic heterocycles. The Morgan fingerprint density at radius 1 is 0.955 bits per heavy atom. The lowest BCUT2D eigenvalue weighted by Crippen LogP contribution is -1.95. The van der Waals surface area contributed by atoms with Crippen molar-refractivity contribution >= 4 is 11.7 Å². The number of aromatic nitrogens is 1. The highest BCUT2D eigenvalue weighted by atomic mass is 19.1. The normalized spacial score (nSPS) is 10.7. The van der Waals surface area contributed by atoms with Crippen LogP contribution in [0.4, 0.5) is 24.9 Å². The van der Waals surface area contributed by atoms with E-state index in [1.165, 1.54) is 48.7 Å². The van der Waals surface area contributed by atoms with Gasteiger partial charge in [-0.15, -0.1) is 0 Å². The van der Waals surface area contributed by atoms with E-state index in [2.05, 4.69) is 10.3 Å². The molecule has 0 radical (unpaired) electrons. The molecule has 1 heterocycles. The van der Waals surface area contributed by atoms with Crippen LogP contribution in [0.25, 0.3) is 0 Å². The van der Waals surface area contributed by atoms with E-state index in [9.17, 15) is 13.2 Å². The lowest BCUT2D eigenvalue weighted by atomic mass is 10.1. The number of anilines is 2. The van der Waals surface area contributed by atoms with E-state index in [0.29, 0.717) is 11.4 Å². The zero-order valence-electron chi connectivity index (χ0n) is 11.3. The third-order valence-electron chi connectivity index (χ3n) is 3.06. The Hall–Kier alpha value is -2.76. The number of nitrogens with zero attached hydrogens (tertiary/aromatic N) is 1. The number of halogens is 3. The van der Waals surface area contributed by atoms with Crippen molar-refractivity contribution in [1.29, 1.82) is 0 Å². The molecule has 0 saturated carbocycles. The topological polar surface area (TPSA) is 38.1 Å². The third kappa shape index (κ3) is 3.11. The first kappa shape index (κ1) is 14.2. The molecule has 0 atom stereocenters. The molecule has 6 heteroatoms. The summed E-state index contributed by atoms with van der Waals surface area (Å²) in [6, 6.07) is 9.47. The summed E-state index contributed by atoms with van der Waals surface area (Å²) < 4.78 is 45.3. The lowest BCUT2D eigenvalue weighted by molar-refractivity contribution is 0.511. The average Bonchev–Trinajstić information content (AvgIpc) is 2.93. The van der Waals surface area contributed by atoms with Crippen molar-refractivity contribution in [2.45, 2.75) is 6.42 Å². The van der Waals surface area contributed by atoms with Crippen molar-refractivity contribution in [2.75, 3.05) is 5.32 Å². The number of oxazole rings is 1. The standard InChI is InChI=1S/C16H11F3N2O/c17-10-4-6-11(7-5-10)21-16-20-9-12(22-16)8-13-14(18)2-1-3-15(13)19/h1-7,9H,8H2,(H,20,21). The van der Waals surface area contributed by atoms with Crippen molar-refractivity contribution in [3.8, 4) is 0 Å². The molecule has 3 nitrogen and oxygen atoms in total. The van der Waals surface area contributed by atoms with Gasteiger partial charge in [-0.05, 0) is 36.4 Å². The number of hydrogen-bond donors (Lipinski definition) is 1. The zero-order chi connectivity index (χ0) is 15.5. The first-order valence-corrected chi connectivity index (χ1v) is 6.52. The van der Waals surface area contributed by atoms with Gasteiger partial charge in [0.2, 0.25) is 0 Å². The second-order valence-electron chi connectivity index (χ2n) is 4.64. The van der Waals surface area contributed by atoms with E-state index < -0.39 is 11.6 Å². The Balaban J connectivity index is 1.75. The molecule has 0 aliphatic carbocycles. The SMILES string of the molecule is Fc1ccc(Nc2ncc(Cc3c(F)cccc3F)o2)cc1. The van der Waals surface area contributed by atoms with Gasteiger partial charge in [0.1, 0.15) is 23.2 Å². The second kappa shape index (κ2) is 5.93. The monoisotopic (exact) mass is 304 g/mol. The van der Waals surface area contributed by atoms with Gasteiger partial charge in [-0.3, -0.25) is 0 Å². The summed E-state index contributed by atoms with van der Waals surface area (Å²) in [5.41, 5.74) is 0.513. The van der Waals surface area contributed by atoms with Crippen LogP contribution < -0.4 is 5.32 Å². The van der Waals surface area contributed by atoms with Gasteiger partial charge in [0.15, 0.2) is 0 Å². The van der Waals surface area contributed by atoms with Gasteiger partial charge in [0, 0.05) is 17.7 Å². The Kier molecular flexibility index (Phi) is 3.82. The number of nitrogens with one attached hydrogen (secondary N) is 1. The largest absolute Gasteiger partial charge is 0.428 e. The van der Waals surface area contributed by atoms with Gasteiger partial charge in [0.05, 0.1) is 6.20 Å². The molecule has 22 heavy (non-hydrogen) atoms. The van der Waals surface area contributed by atoms with E-state index in [4.69, 9.17) is 4.42 Å². The first-order valence-electron chi connectivity index (χ1n) is 6.52. The minimum Gasteiger partial charge on any atom is -0.428 e. The molecule has 3 aromatic rings. The van der Waals surface area contributed by atoms with Crippen LogP contribution in [-0.2, 0) is 6.42 Å². The Morgan fingerprint density at radius 2 is 1.64 bits per heavy atom. The Labute approximate surface area is 124 Å². The van der Waals surface area contributed by atoms with Crippen molar-refractivity contribution in [3.05, 3.63) is 77.4 Å². The van der Waals surface area contributed by atoms with Crippen molar-refractivity contribution in [1.82, 2.24) is 4.98 Å². The predicted molar refractivity (Wildman–Crippen MR) is 75.3 cm³/mol. The number of rotatable bonds is 4. The summed E-state index contributed by atoms with van der Waals surface area (Å²) in [7, 11) is 0. The molecule has 0 spiro atoms. The zero-order valence-corrected chi connectivity index (χ0v) is 11.3. The fourth-order valence-corrected chi connectivity index (χ4v) is 1.98. The highest BCUT2D eigenvalue weighted by Gasteiger charge is 2.12. The first-order chi connectivity index (χ1) is 10.6. The molecule has 0 amide bonds. The maximum absolute atomic E-state index is 13.6. The average molecular weight is 304 g/mol. The minimum atomic E-state index is -0.635. The molecule has 0 aliphatic rings. The highest BCUT2D eigenvalue weighted by molar-refractivity contribution is 5.51. The molecule has 1 aromatic heterocycles. The van der Waals surface area contributed by atoms with Crippen LogP contribution in [0, 0.1) is 17.5 Å². The van der Waals surface area contributed by atoms with Crippen LogP contribution in [0.15, 0.2) is 53.1 Å². The van der Waals surface area contributed by atoms with Gasteiger partial charge in [-0.25, -0.2) is 18.2 Å². The van der Waals surface area contributed by atoms with Crippen LogP contribution in [-0.4, -0.2) is 4.98 Å². The lowest BCUT2D eigenvalue weighted by Gasteiger charge is -2.03. The van der Waals surface area contributed by atoms with Crippen LogP contribution in [0.1, 0.15) is 11.3 Å². The van der Waals surface area contributed by atoms with Gasteiger partial charge in [-0.1, -0.05) is 6.07 Å². The summed E-state index contributed by atoms with van der Waals surface area (Å²) in [5.74, 6) is -1.31. The highest BCUT2D eigenvalue weighted by Crippen LogP contribution is 2.21. The molecule has 3 rings (SSSR count). The van der Waals surface area contributed by atoms with Crippen molar-refractivity contribution in [2.24, 2.45) is 0 Å². The molecule has 0 bridgehead atoms. The summed E-state index contributed by atoms with van der Waals surface area (Å²) in [6.45, 7) is 0. The smallest absolute Gasteiger partial charge is 0.299 e. The maximum atomic E-state index is 13.6. The van der Waals surface area contributed by atoms with Crippen LogP contribution in [0.5, 0.6) is 0 Å². The third-order valence-corrected chi connectivity index (χ3v) is 3.06. The summed E-state index contributed by atoms with van der Waals surface area (Å²) in [5, 5.41) is 2.83. The van der Waals surface area contributed by atoms with Gasteiger partial charge < -0.3 is 9.73 Å². The van der Waals surface area contributed by atoms with Crippen LogP contribution >= 0.6 is 0 Å². The summed E-state index contributed by atoms with van der Waals surface area (Å²) >= 11 is 0. The fourth-order valence-electron chi connectivity index (χ4n) is 1.98. The van der Waals surface area contributed by atoms with E-state index in [1.807, 2.05) is 0 Å². The van der Waals surface area contributed by atoms with Gasteiger partial charge >= 0.3 is 0 Å². The fraction of sp³-hybridized carbons (Fsp3) is 0.0625. The van der Waals surface area contributed by atoms with Gasteiger partial charge in [0.25, 0.3) is 6.01 Å². The van der Waals surface area contributed by atoms with E-state index in [1.54, 1.807) is 0 Å². The van der Waals surface area contributed by atoms with Crippen LogP contribution in [0.2, 0.25) is 0 Å². The van der Waals surface area contributed by atoms with E-state index in [-0.39, 0.29) is 23.8 Å². The van der Waals surface area contributed by atoms with Crippen molar-refractivity contribution < 1.29 is 17.6 Å². The Morgan fingerprint density at radius 3 is 2.32 bits per heavy atom. The predicted octanol–water partition coefficient (Wildman–Crippen LogP) is 4.43. The number of benzene rings is 2. The molecule has 112 valence electrons. The van der Waals surface area contributed by atoms with Crippen LogP contribution in [0.3, 0.4) is 0 Å². The molecule has 0 unspecified atom stereocenters. The molecule has 1 N–H and O–H groups in total. The quantitative estimate of drug-likeness (QED) is 0.775. The molecule has 0 fully saturated rings. The summed E-state index contributed by atoms with van der Waals surface area (Å²) in [6.07, 6.45) is 1.34.